The Bertz CT molecular complexity index is 1290. The number of carbonyl (C=O) groups is 2. The van der Waals surface area contributed by atoms with E-state index in [1.165, 1.54) is 25.3 Å². The van der Waals surface area contributed by atoms with E-state index in [-0.39, 0.29) is 17.7 Å². The lowest BCUT2D eigenvalue weighted by Gasteiger charge is -2.14. The first-order valence-corrected chi connectivity index (χ1v) is 10.5. The van der Waals surface area contributed by atoms with E-state index in [0.29, 0.717) is 27.8 Å². The van der Waals surface area contributed by atoms with Gasteiger partial charge >= 0.3 is 5.97 Å². The van der Waals surface area contributed by atoms with Crippen molar-refractivity contribution in [1.82, 2.24) is 0 Å². The van der Waals surface area contributed by atoms with Gasteiger partial charge in [-0.3, -0.25) is 4.79 Å². The fourth-order valence-electron chi connectivity index (χ4n) is 3.08. The van der Waals surface area contributed by atoms with Crippen LogP contribution in [0.5, 0.6) is 11.5 Å². The number of nitriles is 1. The lowest BCUT2D eigenvalue weighted by atomic mass is 10.1. The van der Waals surface area contributed by atoms with Crippen LogP contribution in [-0.4, -0.2) is 24.1 Å². The van der Waals surface area contributed by atoms with Crippen molar-refractivity contribution >= 4 is 35.2 Å². The predicted octanol–water partition coefficient (Wildman–Crippen LogP) is 5.48. The molecule has 0 radical (unpaired) electrons. The zero-order valence-corrected chi connectivity index (χ0v) is 19.2. The molecular weight excluding hydrogens is 456 g/mol. The molecule has 0 fully saturated rings. The number of nitrogens with zero attached hydrogens (tertiary/aromatic N) is 1. The number of para-hydroxylation sites is 1. The van der Waals surface area contributed by atoms with Gasteiger partial charge in [-0.1, -0.05) is 41.9 Å². The number of rotatable bonds is 8. The number of halogens is 1. The molecule has 0 saturated heterocycles. The van der Waals surface area contributed by atoms with E-state index >= 15 is 0 Å². The van der Waals surface area contributed by atoms with Crippen molar-refractivity contribution in [2.45, 2.75) is 13.5 Å². The molecule has 0 heterocycles. The number of carboxylic acid groups (broad SMARTS) is 1. The first-order chi connectivity index (χ1) is 16.3. The third-order valence-corrected chi connectivity index (χ3v) is 5.16. The summed E-state index contributed by atoms with van der Waals surface area (Å²) in [6, 6.07) is 18.4. The zero-order valence-electron chi connectivity index (χ0n) is 18.5. The van der Waals surface area contributed by atoms with Gasteiger partial charge in [0.15, 0.2) is 11.5 Å². The van der Waals surface area contributed by atoms with Crippen LogP contribution >= 0.6 is 11.6 Å². The van der Waals surface area contributed by atoms with Crippen LogP contribution in [0.3, 0.4) is 0 Å². The summed E-state index contributed by atoms with van der Waals surface area (Å²) in [4.78, 5) is 23.8. The molecule has 3 aromatic carbocycles. The van der Waals surface area contributed by atoms with Crippen molar-refractivity contribution in [3.8, 4) is 17.6 Å². The van der Waals surface area contributed by atoms with E-state index < -0.39 is 11.9 Å². The number of hydrogen-bond acceptors (Lipinski definition) is 5. The number of carbonyl (C=O) groups excluding carboxylic acids is 1. The molecule has 0 atom stereocenters. The Labute approximate surface area is 201 Å². The summed E-state index contributed by atoms with van der Waals surface area (Å²) < 4.78 is 11.3. The Balaban J connectivity index is 1.87. The van der Waals surface area contributed by atoms with Gasteiger partial charge in [-0.25, -0.2) is 4.79 Å². The monoisotopic (exact) mass is 476 g/mol. The number of aryl methyl sites for hydroxylation is 1. The fourth-order valence-corrected chi connectivity index (χ4v) is 3.26. The van der Waals surface area contributed by atoms with Gasteiger partial charge in [-0.05, 0) is 54.5 Å². The second-order valence-corrected chi connectivity index (χ2v) is 7.69. The summed E-state index contributed by atoms with van der Waals surface area (Å²) in [5.74, 6) is -0.850. The molecular formula is C26H21ClN2O5. The molecule has 0 aliphatic carbocycles. The highest BCUT2D eigenvalue weighted by Crippen LogP contribution is 2.33. The van der Waals surface area contributed by atoms with Crippen molar-refractivity contribution < 1.29 is 24.2 Å². The maximum absolute atomic E-state index is 12.8. The minimum absolute atomic E-state index is 0.122. The minimum atomic E-state index is -1.01. The topological polar surface area (TPSA) is 109 Å². The van der Waals surface area contributed by atoms with Gasteiger partial charge in [0.1, 0.15) is 18.2 Å². The number of amides is 1. The first kappa shape index (κ1) is 24.4. The van der Waals surface area contributed by atoms with E-state index in [9.17, 15) is 14.9 Å². The van der Waals surface area contributed by atoms with Gasteiger partial charge in [0.2, 0.25) is 0 Å². The molecule has 172 valence electrons. The predicted molar refractivity (Wildman–Crippen MR) is 129 cm³/mol. The van der Waals surface area contributed by atoms with Crippen LogP contribution in [0.15, 0.2) is 66.2 Å². The van der Waals surface area contributed by atoms with Crippen molar-refractivity contribution in [1.29, 1.82) is 5.26 Å². The standard InChI is InChI=1S/C26H21ClN2O5/c1-16-6-11-21(27)13-22(16)29-25(30)20(14-28)12-19-4-3-5-23(33-2)24(19)34-15-17-7-9-18(10-8-17)26(31)32/h3-13H,15H2,1-2H3,(H,29,30)(H,31,32)/b20-12-. The highest BCUT2D eigenvalue weighted by molar-refractivity contribution is 6.31. The Kier molecular flexibility index (Phi) is 7.91. The van der Waals surface area contributed by atoms with Crippen LogP contribution < -0.4 is 14.8 Å². The van der Waals surface area contributed by atoms with Gasteiger partial charge in [-0.15, -0.1) is 0 Å². The van der Waals surface area contributed by atoms with Gasteiger partial charge in [-0.2, -0.15) is 5.26 Å². The molecule has 3 rings (SSSR count). The lowest BCUT2D eigenvalue weighted by molar-refractivity contribution is -0.112. The number of ether oxygens (including phenoxy) is 2. The SMILES string of the molecule is COc1cccc(/C=C(/C#N)C(=O)Nc2cc(Cl)ccc2C)c1OCc1ccc(C(=O)O)cc1. The Morgan fingerprint density at radius 2 is 1.88 bits per heavy atom. The van der Waals surface area contributed by atoms with Gasteiger partial charge in [0, 0.05) is 16.3 Å². The molecule has 0 unspecified atom stereocenters. The van der Waals surface area contributed by atoms with Crippen molar-refractivity contribution in [2.24, 2.45) is 0 Å². The summed E-state index contributed by atoms with van der Waals surface area (Å²) in [5.41, 5.74) is 2.55. The maximum atomic E-state index is 12.8. The Hall–Kier alpha value is -4.28. The summed E-state index contributed by atoms with van der Waals surface area (Å²) in [6.07, 6.45) is 1.42. The average molecular weight is 477 g/mol. The van der Waals surface area contributed by atoms with E-state index in [1.54, 1.807) is 48.5 Å². The molecule has 8 heteroatoms. The molecule has 0 aliphatic heterocycles. The number of anilines is 1. The first-order valence-electron chi connectivity index (χ1n) is 10.1. The molecule has 7 nitrogen and oxygen atoms in total. The van der Waals surface area contributed by atoms with E-state index in [0.717, 1.165) is 11.1 Å². The van der Waals surface area contributed by atoms with Crippen LogP contribution in [0.4, 0.5) is 5.69 Å². The van der Waals surface area contributed by atoms with E-state index in [2.05, 4.69) is 5.32 Å². The second-order valence-electron chi connectivity index (χ2n) is 7.25. The lowest BCUT2D eigenvalue weighted by Crippen LogP contribution is -2.14. The molecule has 1 amide bonds. The minimum Gasteiger partial charge on any atom is -0.493 e. The summed E-state index contributed by atoms with van der Waals surface area (Å²) in [7, 11) is 1.48. The summed E-state index contributed by atoms with van der Waals surface area (Å²) in [6.45, 7) is 1.94. The largest absolute Gasteiger partial charge is 0.493 e. The molecule has 2 N–H and O–H groups in total. The fraction of sp³-hybridized carbons (Fsp3) is 0.115. The van der Waals surface area contributed by atoms with Crippen LogP contribution in [0.2, 0.25) is 5.02 Å². The van der Waals surface area contributed by atoms with Crippen LogP contribution in [0, 0.1) is 18.3 Å². The third kappa shape index (κ3) is 5.94. The third-order valence-electron chi connectivity index (χ3n) is 4.93. The zero-order chi connectivity index (χ0) is 24.7. The molecule has 0 aliphatic rings. The van der Waals surface area contributed by atoms with Gasteiger partial charge in [0.25, 0.3) is 5.91 Å². The van der Waals surface area contributed by atoms with Gasteiger partial charge in [0.05, 0.1) is 12.7 Å². The number of aromatic carboxylic acids is 1. The van der Waals surface area contributed by atoms with E-state index in [1.807, 2.05) is 13.0 Å². The highest BCUT2D eigenvalue weighted by Gasteiger charge is 2.15. The molecule has 0 saturated carbocycles. The van der Waals surface area contributed by atoms with Crippen molar-refractivity contribution in [3.05, 3.63) is 93.5 Å². The number of nitrogens with one attached hydrogen (secondary N) is 1. The number of methoxy groups -OCH3 is 1. The normalized spacial score (nSPS) is 10.8. The van der Waals surface area contributed by atoms with Crippen LogP contribution in [-0.2, 0) is 11.4 Å². The van der Waals surface area contributed by atoms with Crippen molar-refractivity contribution in [3.63, 3.8) is 0 Å². The molecule has 0 bridgehead atoms. The van der Waals surface area contributed by atoms with Crippen LogP contribution in [0.25, 0.3) is 6.08 Å². The van der Waals surface area contributed by atoms with Crippen molar-refractivity contribution in [2.75, 3.05) is 12.4 Å². The molecule has 34 heavy (non-hydrogen) atoms. The summed E-state index contributed by atoms with van der Waals surface area (Å²) >= 11 is 6.02. The molecule has 0 spiro atoms. The smallest absolute Gasteiger partial charge is 0.335 e. The summed E-state index contributed by atoms with van der Waals surface area (Å²) in [5, 5.41) is 21.8. The number of hydrogen-bond donors (Lipinski definition) is 2. The maximum Gasteiger partial charge on any atom is 0.335 e. The molecule has 3 aromatic rings. The van der Waals surface area contributed by atoms with Crippen LogP contribution in [0.1, 0.15) is 27.0 Å². The Morgan fingerprint density at radius 1 is 1.15 bits per heavy atom. The number of benzene rings is 3. The average Bonchev–Trinajstić information content (AvgIpc) is 2.83. The number of carboxylic acids is 1. The quantitative estimate of drug-likeness (QED) is 0.329. The van der Waals surface area contributed by atoms with Gasteiger partial charge < -0.3 is 19.9 Å². The van der Waals surface area contributed by atoms with E-state index in [4.69, 9.17) is 26.2 Å². The molecule has 0 aromatic heterocycles. The highest BCUT2D eigenvalue weighted by atomic mass is 35.5. The second kappa shape index (κ2) is 11.0. The Morgan fingerprint density at radius 3 is 2.53 bits per heavy atom.